The molecule has 29 heavy (non-hydrogen) atoms. The second kappa shape index (κ2) is 8.25. The number of pyridine rings is 1. The lowest BCUT2D eigenvalue weighted by atomic mass is 10.00. The third kappa shape index (κ3) is 4.12. The van der Waals surface area contributed by atoms with E-state index < -0.39 is 0 Å². The van der Waals surface area contributed by atoms with Crippen LogP contribution in [0.4, 0.5) is 0 Å². The van der Waals surface area contributed by atoms with Crippen LogP contribution in [0.25, 0.3) is 5.65 Å². The topological polar surface area (TPSA) is 54.2 Å². The Morgan fingerprint density at radius 3 is 2.86 bits per heavy atom. The summed E-state index contributed by atoms with van der Waals surface area (Å²) >= 11 is 0. The van der Waals surface area contributed by atoms with Gasteiger partial charge in [0.1, 0.15) is 11.8 Å². The molecule has 4 rings (SSSR count). The summed E-state index contributed by atoms with van der Waals surface area (Å²) in [5.41, 5.74) is 6.96. The van der Waals surface area contributed by atoms with Gasteiger partial charge in [0.2, 0.25) is 0 Å². The van der Waals surface area contributed by atoms with Gasteiger partial charge in [-0.2, -0.15) is 0 Å². The van der Waals surface area contributed by atoms with Crippen LogP contribution in [-0.4, -0.2) is 47.0 Å². The number of aliphatic imine (C=N–C) groups is 1. The molecule has 0 saturated carbocycles. The van der Waals surface area contributed by atoms with E-state index >= 15 is 0 Å². The second-order valence-corrected chi connectivity index (χ2v) is 7.69. The Bertz CT molecular complexity index is 1040. The highest BCUT2D eigenvalue weighted by Crippen LogP contribution is 2.26. The molecule has 1 N–H and O–H groups in total. The van der Waals surface area contributed by atoms with Gasteiger partial charge in [-0.1, -0.05) is 29.8 Å². The maximum absolute atomic E-state index is 6.09. The Balaban J connectivity index is 1.45. The molecular formula is C23H29N5O. The number of benzene rings is 1. The van der Waals surface area contributed by atoms with E-state index in [0.717, 1.165) is 30.4 Å². The third-order valence-corrected chi connectivity index (χ3v) is 5.52. The average Bonchev–Trinajstić information content (AvgIpc) is 3.13. The van der Waals surface area contributed by atoms with Crippen molar-refractivity contribution >= 4 is 11.6 Å². The summed E-state index contributed by atoms with van der Waals surface area (Å²) in [6, 6.07) is 12.7. The van der Waals surface area contributed by atoms with Crippen LogP contribution in [0.15, 0.2) is 47.6 Å². The summed E-state index contributed by atoms with van der Waals surface area (Å²) in [5.74, 6) is 0.886. The predicted molar refractivity (Wildman–Crippen MR) is 116 cm³/mol. The lowest BCUT2D eigenvalue weighted by Gasteiger charge is -2.35. The Labute approximate surface area is 172 Å². The highest BCUT2D eigenvalue weighted by atomic mass is 16.5. The number of hydrogen-bond donors (Lipinski definition) is 1. The van der Waals surface area contributed by atoms with Gasteiger partial charge >= 0.3 is 0 Å². The number of aryl methyl sites for hydroxylation is 3. The summed E-state index contributed by atoms with van der Waals surface area (Å²) < 4.78 is 8.20. The van der Waals surface area contributed by atoms with E-state index in [1.807, 2.05) is 19.2 Å². The van der Waals surface area contributed by atoms with Gasteiger partial charge in [-0.3, -0.25) is 4.99 Å². The van der Waals surface area contributed by atoms with E-state index in [2.05, 4.69) is 70.8 Å². The van der Waals surface area contributed by atoms with E-state index in [9.17, 15) is 0 Å². The first kappa shape index (κ1) is 19.5. The zero-order chi connectivity index (χ0) is 20.4. The number of hydrogen-bond acceptors (Lipinski definition) is 3. The lowest BCUT2D eigenvalue weighted by Crippen LogP contribution is -2.48. The van der Waals surface area contributed by atoms with Crippen molar-refractivity contribution in [3.05, 3.63) is 70.7 Å². The molecule has 1 aromatic carbocycles. The maximum atomic E-state index is 6.09. The molecule has 3 aromatic rings. The molecule has 1 unspecified atom stereocenters. The normalized spacial score (nSPS) is 17.7. The smallest absolute Gasteiger partial charge is 0.194 e. The summed E-state index contributed by atoms with van der Waals surface area (Å²) in [6.07, 6.45) is 2.14. The first-order valence-corrected chi connectivity index (χ1v) is 10.1. The van der Waals surface area contributed by atoms with Crippen molar-refractivity contribution in [2.24, 2.45) is 4.99 Å². The molecule has 1 aliphatic heterocycles. The molecular weight excluding hydrogens is 362 g/mol. The van der Waals surface area contributed by atoms with Gasteiger partial charge in [-0.15, -0.1) is 0 Å². The molecule has 0 amide bonds. The van der Waals surface area contributed by atoms with Crippen LogP contribution in [0.2, 0.25) is 0 Å². The Morgan fingerprint density at radius 1 is 1.24 bits per heavy atom. The highest BCUT2D eigenvalue weighted by molar-refractivity contribution is 5.80. The lowest BCUT2D eigenvalue weighted by molar-refractivity contribution is -0.00834. The van der Waals surface area contributed by atoms with Crippen molar-refractivity contribution in [3.8, 4) is 0 Å². The van der Waals surface area contributed by atoms with Gasteiger partial charge in [-0.25, -0.2) is 4.98 Å². The first-order chi connectivity index (χ1) is 14.0. The fourth-order valence-corrected chi connectivity index (χ4v) is 4.00. The molecule has 0 bridgehead atoms. The number of fused-ring (bicyclic) bond motifs is 1. The number of guanidine groups is 1. The maximum Gasteiger partial charge on any atom is 0.194 e. The first-order valence-electron chi connectivity index (χ1n) is 10.1. The number of aromatic nitrogens is 2. The predicted octanol–water partition coefficient (Wildman–Crippen LogP) is 3.41. The van der Waals surface area contributed by atoms with Crippen molar-refractivity contribution in [3.63, 3.8) is 0 Å². The fourth-order valence-electron chi connectivity index (χ4n) is 4.00. The van der Waals surface area contributed by atoms with Crippen LogP contribution < -0.4 is 5.32 Å². The number of imidazole rings is 1. The molecule has 0 spiro atoms. The van der Waals surface area contributed by atoms with Gasteiger partial charge in [0.25, 0.3) is 0 Å². The quantitative estimate of drug-likeness (QED) is 0.549. The molecule has 0 aliphatic carbocycles. The number of nitrogens with zero attached hydrogens (tertiary/aromatic N) is 4. The van der Waals surface area contributed by atoms with Crippen LogP contribution >= 0.6 is 0 Å². The zero-order valence-electron chi connectivity index (χ0n) is 17.6. The van der Waals surface area contributed by atoms with Gasteiger partial charge in [-0.05, 0) is 44.0 Å². The number of rotatable bonds is 3. The van der Waals surface area contributed by atoms with Crippen molar-refractivity contribution in [2.45, 2.75) is 33.4 Å². The minimum atomic E-state index is 0.0562. The van der Waals surface area contributed by atoms with Gasteiger partial charge in [0.15, 0.2) is 5.96 Å². The largest absolute Gasteiger partial charge is 0.370 e. The average molecular weight is 392 g/mol. The van der Waals surface area contributed by atoms with Crippen LogP contribution in [0.3, 0.4) is 0 Å². The molecule has 1 aliphatic rings. The SMILES string of the molecule is CN=C(NCc1cn2c(C)cccc2n1)N1CCOC(c2ccc(C)cc2C)C1. The number of morpholine rings is 1. The Hall–Kier alpha value is -2.86. The third-order valence-electron chi connectivity index (χ3n) is 5.52. The highest BCUT2D eigenvalue weighted by Gasteiger charge is 2.25. The Kier molecular flexibility index (Phi) is 5.53. The van der Waals surface area contributed by atoms with Crippen molar-refractivity contribution in [1.82, 2.24) is 19.6 Å². The van der Waals surface area contributed by atoms with E-state index in [1.54, 1.807) is 0 Å². The molecule has 6 nitrogen and oxygen atoms in total. The van der Waals surface area contributed by atoms with Crippen LogP contribution in [0, 0.1) is 20.8 Å². The zero-order valence-corrected chi connectivity index (χ0v) is 17.6. The monoisotopic (exact) mass is 391 g/mol. The molecule has 152 valence electrons. The summed E-state index contributed by atoms with van der Waals surface area (Å²) in [4.78, 5) is 11.5. The molecule has 3 heterocycles. The van der Waals surface area contributed by atoms with E-state index in [4.69, 9.17) is 9.72 Å². The molecule has 1 atom stereocenters. The van der Waals surface area contributed by atoms with Crippen LogP contribution in [0.1, 0.15) is 34.2 Å². The van der Waals surface area contributed by atoms with Gasteiger partial charge in [0, 0.05) is 25.5 Å². The second-order valence-electron chi connectivity index (χ2n) is 7.69. The van der Waals surface area contributed by atoms with Crippen LogP contribution in [0.5, 0.6) is 0 Å². The van der Waals surface area contributed by atoms with Crippen molar-refractivity contribution in [1.29, 1.82) is 0 Å². The van der Waals surface area contributed by atoms with Crippen molar-refractivity contribution in [2.75, 3.05) is 26.7 Å². The van der Waals surface area contributed by atoms with Gasteiger partial charge < -0.3 is 19.4 Å². The molecule has 2 aromatic heterocycles. The molecule has 1 saturated heterocycles. The van der Waals surface area contributed by atoms with E-state index in [-0.39, 0.29) is 6.10 Å². The van der Waals surface area contributed by atoms with E-state index in [1.165, 1.54) is 22.4 Å². The van der Waals surface area contributed by atoms with Gasteiger partial charge in [0.05, 0.1) is 25.4 Å². The Morgan fingerprint density at radius 2 is 2.10 bits per heavy atom. The standard InChI is InChI=1S/C23H29N5O/c1-16-8-9-20(17(2)12-16)21-15-27(10-11-29-21)23(24-4)25-13-19-14-28-18(3)6-5-7-22(28)26-19/h5-9,12,14,21H,10-11,13,15H2,1-4H3,(H,24,25). The minimum absolute atomic E-state index is 0.0562. The molecule has 1 fully saturated rings. The number of ether oxygens (including phenoxy) is 1. The summed E-state index contributed by atoms with van der Waals surface area (Å²) in [6.45, 7) is 9.30. The molecule has 6 heteroatoms. The number of nitrogens with one attached hydrogen (secondary N) is 1. The summed E-state index contributed by atoms with van der Waals surface area (Å²) in [5, 5.41) is 3.48. The van der Waals surface area contributed by atoms with Crippen LogP contribution in [-0.2, 0) is 11.3 Å². The fraction of sp³-hybridized carbons (Fsp3) is 0.391. The minimum Gasteiger partial charge on any atom is -0.370 e. The molecule has 0 radical (unpaired) electrons. The summed E-state index contributed by atoms with van der Waals surface area (Å²) in [7, 11) is 1.83. The van der Waals surface area contributed by atoms with Crippen molar-refractivity contribution < 1.29 is 4.74 Å². The van der Waals surface area contributed by atoms with E-state index in [0.29, 0.717) is 13.2 Å².